The molecule has 114 valence electrons. The normalized spacial score (nSPS) is 20.5. The summed E-state index contributed by atoms with van der Waals surface area (Å²) in [6.45, 7) is 4.71. The summed E-state index contributed by atoms with van der Waals surface area (Å²) >= 11 is 0. The van der Waals surface area contributed by atoms with E-state index in [9.17, 15) is 9.90 Å². The van der Waals surface area contributed by atoms with Crippen LogP contribution in [0.15, 0.2) is 18.2 Å². The molecule has 0 unspecified atom stereocenters. The summed E-state index contributed by atoms with van der Waals surface area (Å²) < 4.78 is 5.94. The van der Waals surface area contributed by atoms with E-state index in [2.05, 4.69) is 30.1 Å². The zero-order valence-corrected chi connectivity index (χ0v) is 12.5. The van der Waals surface area contributed by atoms with E-state index in [1.807, 2.05) is 6.92 Å². The molecule has 1 aromatic carbocycles. The molecule has 5 heteroatoms. The third-order valence-electron chi connectivity index (χ3n) is 4.60. The van der Waals surface area contributed by atoms with Gasteiger partial charge in [-0.1, -0.05) is 32.0 Å². The molecule has 4 nitrogen and oxygen atoms in total. The zero-order valence-electron chi connectivity index (χ0n) is 12.5. The molecule has 2 N–H and O–H groups in total. The molecule has 3 rings (SSSR count). The summed E-state index contributed by atoms with van der Waals surface area (Å²) in [5.74, 6) is -0.820. The van der Waals surface area contributed by atoms with Crippen molar-refractivity contribution in [2.24, 2.45) is 0 Å². The fourth-order valence-corrected chi connectivity index (χ4v) is 3.49. The molecule has 2 heterocycles. The summed E-state index contributed by atoms with van der Waals surface area (Å²) in [4.78, 5) is 14.8. The number of hydrogen-bond acceptors (Lipinski definition) is 2. The fraction of sp³-hybridized carbons (Fsp3) is 0.471. The Balaban J connectivity index is 0.00000176. The molecular weight excluding hydrogens is 289 g/mol. The predicted molar refractivity (Wildman–Crippen MR) is 88.7 cm³/mol. The first-order chi connectivity index (χ1) is 10.1. The summed E-state index contributed by atoms with van der Waals surface area (Å²) in [5.41, 5.74) is 3.88. The monoisotopic (exact) mass is 311 g/mol. The Hall–Kier alpha value is -0.810. The van der Waals surface area contributed by atoms with E-state index >= 15 is 0 Å². The van der Waals surface area contributed by atoms with E-state index in [1.54, 1.807) is 0 Å². The third-order valence-corrected chi connectivity index (χ3v) is 4.60. The quantitative estimate of drug-likeness (QED) is 0.854. The number of aliphatic carboxylic acids is 1. The summed E-state index contributed by atoms with van der Waals surface area (Å²) in [5, 5.41) is 10.5. The van der Waals surface area contributed by atoms with Gasteiger partial charge in [-0.25, -0.2) is 0 Å². The van der Waals surface area contributed by atoms with Crippen molar-refractivity contribution in [3.05, 3.63) is 35.0 Å². The first-order valence-electron chi connectivity index (χ1n) is 7.60. The van der Waals surface area contributed by atoms with Crippen molar-refractivity contribution in [2.45, 2.75) is 45.1 Å². The van der Waals surface area contributed by atoms with Crippen LogP contribution in [-0.2, 0) is 28.0 Å². The Kier molecular flexibility index (Phi) is 5.38. The molecule has 0 aliphatic carbocycles. The Labute approximate surface area is 152 Å². The van der Waals surface area contributed by atoms with Gasteiger partial charge in [0.15, 0.2) is 0 Å². The van der Waals surface area contributed by atoms with Crippen LogP contribution in [0.1, 0.15) is 43.5 Å². The number of fused-ring (bicyclic) bond motifs is 3. The molecule has 0 saturated heterocycles. The number of hydrogen-bond donors (Lipinski definition) is 2. The van der Waals surface area contributed by atoms with Crippen molar-refractivity contribution in [2.75, 3.05) is 6.61 Å². The SMILES string of the molecule is CCc1cccc2c3c([nH]c12)[C@@](CC)(CC(=O)O)OCC3.[NaH]. The van der Waals surface area contributed by atoms with Gasteiger partial charge in [0, 0.05) is 10.9 Å². The van der Waals surface area contributed by atoms with Gasteiger partial charge >= 0.3 is 35.5 Å². The third kappa shape index (κ3) is 2.73. The number of rotatable bonds is 4. The molecule has 22 heavy (non-hydrogen) atoms. The van der Waals surface area contributed by atoms with E-state index in [0.717, 1.165) is 24.1 Å². The van der Waals surface area contributed by atoms with Crippen LogP contribution in [0.25, 0.3) is 10.9 Å². The van der Waals surface area contributed by atoms with E-state index < -0.39 is 11.6 Å². The van der Waals surface area contributed by atoms with Gasteiger partial charge in [0.2, 0.25) is 0 Å². The summed E-state index contributed by atoms with van der Waals surface area (Å²) in [7, 11) is 0. The van der Waals surface area contributed by atoms with Crippen molar-refractivity contribution in [3.63, 3.8) is 0 Å². The average molecular weight is 311 g/mol. The van der Waals surface area contributed by atoms with Gasteiger partial charge in [-0.05, 0) is 30.4 Å². The maximum absolute atomic E-state index is 11.3. The molecule has 0 amide bonds. The Bertz CT molecular complexity index is 695. The number of carboxylic acid groups (broad SMARTS) is 1. The van der Waals surface area contributed by atoms with Crippen molar-refractivity contribution >= 4 is 46.4 Å². The summed E-state index contributed by atoms with van der Waals surface area (Å²) in [6.07, 6.45) is 2.45. The van der Waals surface area contributed by atoms with E-state index in [1.165, 1.54) is 16.5 Å². The van der Waals surface area contributed by atoms with E-state index in [-0.39, 0.29) is 36.0 Å². The second-order valence-electron chi connectivity index (χ2n) is 5.69. The number of para-hydroxylation sites is 1. The molecule has 0 spiro atoms. The average Bonchev–Trinajstić information content (AvgIpc) is 2.87. The second-order valence-corrected chi connectivity index (χ2v) is 5.69. The van der Waals surface area contributed by atoms with Crippen LogP contribution in [0.4, 0.5) is 0 Å². The van der Waals surface area contributed by atoms with Crippen LogP contribution >= 0.6 is 0 Å². The van der Waals surface area contributed by atoms with Gasteiger partial charge in [-0.3, -0.25) is 4.79 Å². The van der Waals surface area contributed by atoms with Crippen LogP contribution in [-0.4, -0.2) is 52.2 Å². The van der Waals surface area contributed by atoms with Gasteiger partial charge in [0.25, 0.3) is 0 Å². The van der Waals surface area contributed by atoms with Crippen molar-refractivity contribution in [1.29, 1.82) is 0 Å². The van der Waals surface area contributed by atoms with Gasteiger partial charge < -0.3 is 14.8 Å². The minimum absolute atomic E-state index is 0. The van der Waals surface area contributed by atoms with Crippen LogP contribution in [0, 0.1) is 0 Å². The van der Waals surface area contributed by atoms with Crippen molar-refractivity contribution < 1.29 is 14.6 Å². The summed E-state index contributed by atoms with van der Waals surface area (Å²) in [6, 6.07) is 6.32. The Morgan fingerprint density at radius 3 is 2.82 bits per heavy atom. The number of aryl methyl sites for hydroxylation is 1. The minimum atomic E-state index is -0.820. The number of aromatic amines is 1. The number of aromatic nitrogens is 1. The Morgan fingerprint density at radius 2 is 2.18 bits per heavy atom. The molecule has 1 aliphatic heterocycles. The molecule has 2 aromatic rings. The fourth-order valence-electron chi connectivity index (χ4n) is 3.49. The van der Waals surface area contributed by atoms with E-state index in [4.69, 9.17) is 4.74 Å². The number of ether oxygens (including phenoxy) is 1. The van der Waals surface area contributed by atoms with E-state index in [0.29, 0.717) is 13.0 Å². The van der Waals surface area contributed by atoms with Crippen LogP contribution in [0.2, 0.25) is 0 Å². The molecule has 0 fully saturated rings. The molecular formula is C17H22NNaO3. The maximum atomic E-state index is 11.3. The topological polar surface area (TPSA) is 62.3 Å². The number of benzene rings is 1. The first-order valence-corrected chi connectivity index (χ1v) is 7.60. The first kappa shape index (κ1) is 17.5. The number of nitrogens with one attached hydrogen (secondary N) is 1. The predicted octanol–water partition coefficient (Wildman–Crippen LogP) is 2.73. The molecule has 1 atom stereocenters. The van der Waals surface area contributed by atoms with Crippen LogP contribution < -0.4 is 0 Å². The number of H-pyrrole nitrogens is 1. The zero-order chi connectivity index (χ0) is 15.0. The van der Waals surface area contributed by atoms with Crippen LogP contribution in [0.5, 0.6) is 0 Å². The molecule has 0 saturated carbocycles. The molecule has 0 radical (unpaired) electrons. The molecule has 0 bridgehead atoms. The van der Waals surface area contributed by atoms with Crippen LogP contribution in [0.3, 0.4) is 0 Å². The number of carbonyl (C=O) groups is 1. The van der Waals surface area contributed by atoms with Gasteiger partial charge in [-0.2, -0.15) is 0 Å². The molecule has 1 aromatic heterocycles. The van der Waals surface area contributed by atoms with Crippen molar-refractivity contribution in [1.82, 2.24) is 4.98 Å². The Morgan fingerprint density at radius 1 is 1.41 bits per heavy atom. The second kappa shape index (κ2) is 6.75. The van der Waals surface area contributed by atoms with Gasteiger partial charge in [-0.15, -0.1) is 0 Å². The van der Waals surface area contributed by atoms with Gasteiger partial charge in [0.05, 0.1) is 18.7 Å². The standard InChI is InChI=1S/C17H21NO3.Na.H/c1-3-11-6-5-7-12-13-8-9-21-17(4-2,10-14(19)20)16(13)18-15(11)12;;/h5-7,18H,3-4,8-10H2,1-2H3,(H,19,20);;/t17-;;/m1../s1. The van der Waals surface area contributed by atoms with Crippen molar-refractivity contribution in [3.8, 4) is 0 Å². The molecule has 1 aliphatic rings. The number of carboxylic acids is 1. The van der Waals surface area contributed by atoms with Gasteiger partial charge in [0.1, 0.15) is 5.60 Å².